The summed E-state index contributed by atoms with van der Waals surface area (Å²) in [7, 11) is 1.85. The Labute approximate surface area is 120 Å². The number of benzene rings is 1. The van der Waals surface area contributed by atoms with Crippen molar-refractivity contribution < 1.29 is 9.18 Å². The Hall–Kier alpha value is -1.42. The summed E-state index contributed by atoms with van der Waals surface area (Å²) in [5.74, 6) is 0.311. The van der Waals surface area contributed by atoms with Crippen molar-refractivity contribution >= 4 is 5.91 Å². The monoisotopic (exact) mass is 278 g/mol. The van der Waals surface area contributed by atoms with Gasteiger partial charge in [0.15, 0.2) is 0 Å². The Morgan fingerprint density at radius 2 is 2.30 bits per heavy atom. The lowest BCUT2D eigenvalue weighted by Gasteiger charge is -2.28. The molecule has 1 aromatic carbocycles. The van der Waals surface area contributed by atoms with Crippen molar-refractivity contribution in [1.29, 1.82) is 0 Å². The molecule has 0 bridgehead atoms. The second kappa shape index (κ2) is 6.35. The van der Waals surface area contributed by atoms with Crippen molar-refractivity contribution in [3.8, 4) is 0 Å². The highest BCUT2D eigenvalue weighted by molar-refractivity contribution is 5.79. The first-order valence-electron chi connectivity index (χ1n) is 7.23. The lowest BCUT2D eigenvalue weighted by molar-refractivity contribution is -0.135. The predicted octanol–water partition coefficient (Wildman–Crippen LogP) is 2.59. The minimum atomic E-state index is -0.238. The Balaban J connectivity index is 2.20. The van der Waals surface area contributed by atoms with E-state index in [4.69, 9.17) is 0 Å². The molecule has 0 aliphatic carbocycles. The molecule has 20 heavy (non-hydrogen) atoms. The summed E-state index contributed by atoms with van der Waals surface area (Å²) in [6.07, 6.45) is 0.904. The molecule has 1 amide bonds. The number of nitrogens with one attached hydrogen (secondary N) is 1. The maximum atomic E-state index is 13.4. The van der Waals surface area contributed by atoms with Crippen molar-refractivity contribution in [2.75, 3.05) is 20.1 Å². The number of nitrogens with zero attached hydrogens (tertiary/aromatic N) is 1. The van der Waals surface area contributed by atoms with Gasteiger partial charge >= 0.3 is 0 Å². The van der Waals surface area contributed by atoms with Crippen LogP contribution in [0.4, 0.5) is 4.39 Å². The number of hydrogen-bond donors (Lipinski definition) is 1. The zero-order valence-electron chi connectivity index (χ0n) is 12.4. The van der Waals surface area contributed by atoms with E-state index in [1.165, 1.54) is 6.07 Å². The second-order valence-electron chi connectivity index (χ2n) is 5.86. The van der Waals surface area contributed by atoms with Crippen molar-refractivity contribution in [3.05, 3.63) is 35.6 Å². The van der Waals surface area contributed by atoms with Gasteiger partial charge in [-0.05, 0) is 37.1 Å². The minimum Gasteiger partial charge on any atom is -0.335 e. The van der Waals surface area contributed by atoms with Gasteiger partial charge in [0, 0.05) is 19.0 Å². The van der Waals surface area contributed by atoms with Gasteiger partial charge in [-0.25, -0.2) is 4.39 Å². The molecular formula is C16H23FN2O. The van der Waals surface area contributed by atoms with E-state index < -0.39 is 0 Å². The summed E-state index contributed by atoms with van der Waals surface area (Å²) >= 11 is 0. The van der Waals surface area contributed by atoms with Crippen LogP contribution >= 0.6 is 0 Å². The Morgan fingerprint density at radius 3 is 2.95 bits per heavy atom. The SMILES string of the molecule is CNCC(C)C(=O)N1CC(C)CC1c1cccc(F)c1. The molecule has 4 heteroatoms. The third-order valence-corrected chi connectivity index (χ3v) is 3.96. The van der Waals surface area contributed by atoms with Crippen LogP contribution in [0.3, 0.4) is 0 Å². The number of amides is 1. The highest BCUT2D eigenvalue weighted by Gasteiger charge is 2.35. The number of halogens is 1. The first-order valence-corrected chi connectivity index (χ1v) is 7.23. The van der Waals surface area contributed by atoms with Crippen LogP contribution in [0, 0.1) is 17.7 Å². The number of carbonyl (C=O) groups excluding carboxylic acids is 1. The summed E-state index contributed by atoms with van der Waals surface area (Å²) in [6.45, 7) is 5.50. The summed E-state index contributed by atoms with van der Waals surface area (Å²) < 4.78 is 13.4. The molecule has 1 N–H and O–H groups in total. The van der Waals surface area contributed by atoms with E-state index in [0.29, 0.717) is 12.5 Å². The van der Waals surface area contributed by atoms with Crippen LogP contribution in [0.1, 0.15) is 31.9 Å². The van der Waals surface area contributed by atoms with Crippen LogP contribution in [-0.2, 0) is 4.79 Å². The maximum Gasteiger partial charge on any atom is 0.227 e. The van der Waals surface area contributed by atoms with Gasteiger partial charge in [0.1, 0.15) is 5.82 Å². The average molecular weight is 278 g/mol. The van der Waals surface area contributed by atoms with E-state index in [-0.39, 0.29) is 23.7 Å². The molecule has 0 radical (unpaired) electrons. The van der Waals surface area contributed by atoms with E-state index in [9.17, 15) is 9.18 Å². The van der Waals surface area contributed by atoms with Gasteiger partial charge in [-0.15, -0.1) is 0 Å². The van der Waals surface area contributed by atoms with Gasteiger partial charge in [0.2, 0.25) is 5.91 Å². The van der Waals surface area contributed by atoms with Crippen molar-refractivity contribution in [2.24, 2.45) is 11.8 Å². The van der Waals surface area contributed by atoms with E-state index in [1.54, 1.807) is 12.1 Å². The third-order valence-electron chi connectivity index (χ3n) is 3.96. The first-order chi connectivity index (χ1) is 9.52. The molecule has 1 aliphatic heterocycles. The maximum absolute atomic E-state index is 13.4. The quantitative estimate of drug-likeness (QED) is 0.918. The summed E-state index contributed by atoms with van der Waals surface area (Å²) in [5.41, 5.74) is 0.902. The second-order valence-corrected chi connectivity index (χ2v) is 5.86. The number of rotatable bonds is 4. The van der Waals surface area contributed by atoms with E-state index >= 15 is 0 Å². The third kappa shape index (κ3) is 3.18. The van der Waals surface area contributed by atoms with Crippen LogP contribution in [0.25, 0.3) is 0 Å². The van der Waals surface area contributed by atoms with Crippen LogP contribution < -0.4 is 5.32 Å². The van der Waals surface area contributed by atoms with Gasteiger partial charge in [-0.1, -0.05) is 26.0 Å². The van der Waals surface area contributed by atoms with Gasteiger partial charge in [0.05, 0.1) is 6.04 Å². The lowest BCUT2D eigenvalue weighted by Crippen LogP contribution is -2.38. The smallest absolute Gasteiger partial charge is 0.227 e. The van der Waals surface area contributed by atoms with Crippen LogP contribution in [0.5, 0.6) is 0 Å². The zero-order valence-corrected chi connectivity index (χ0v) is 12.4. The summed E-state index contributed by atoms with van der Waals surface area (Å²) in [6, 6.07) is 6.62. The molecule has 3 unspecified atom stereocenters. The van der Waals surface area contributed by atoms with Gasteiger partial charge in [-0.3, -0.25) is 4.79 Å². The van der Waals surface area contributed by atoms with Crippen LogP contribution in [0.2, 0.25) is 0 Å². The zero-order chi connectivity index (χ0) is 14.7. The Kier molecular flexibility index (Phi) is 4.76. The van der Waals surface area contributed by atoms with Gasteiger partial charge < -0.3 is 10.2 Å². The number of hydrogen-bond acceptors (Lipinski definition) is 2. The van der Waals surface area contributed by atoms with E-state index in [2.05, 4.69) is 12.2 Å². The van der Waals surface area contributed by atoms with Crippen molar-refractivity contribution in [2.45, 2.75) is 26.3 Å². The van der Waals surface area contributed by atoms with Crippen LogP contribution in [-0.4, -0.2) is 30.9 Å². The molecule has 2 rings (SSSR count). The summed E-state index contributed by atoms with van der Waals surface area (Å²) in [4.78, 5) is 14.5. The molecule has 0 saturated carbocycles. The predicted molar refractivity (Wildman–Crippen MR) is 77.7 cm³/mol. The largest absolute Gasteiger partial charge is 0.335 e. The highest BCUT2D eigenvalue weighted by Crippen LogP contribution is 2.36. The molecule has 1 saturated heterocycles. The van der Waals surface area contributed by atoms with Gasteiger partial charge in [-0.2, -0.15) is 0 Å². The fourth-order valence-electron chi connectivity index (χ4n) is 3.00. The summed E-state index contributed by atoms with van der Waals surface area (Å²) in [5, 5.41) is 3.04. The molecule has 110 valence electrons. The molecule has 0 spiro atoms. The topological polar surface area (TPSA) is 32.3 Å². The molecule has 1 fully saturated rings. The van der Waals surface area contributed by atoms with Crippen molar-refractivity contribution in [1.82, 2.24) is 10.2 Å². The molecule has 1 aliphatic rings. The Bertz CT molecular complexity index is 477. The molecular weight excluding hydrogens is 255 g/mol. The van der Waals surface area contributed by atoms with Crippen molar-refractivity contribution in [3.63, 3.8) is 0 Å². The van der Waals surface area contributed by atoms with E-state index in [0.717, 1.165) is 18.5 Å². The minimum absolute atomic E-state index is 0.00695. The Morgan fingerprint density at radius 1 is 1.55 bits per heavy atom. The first kappa shape index (κ1) is 15.0. The fourth-order valence-corrected chi connectivity index (χ4v) is 3.00. The average Bonchev–Trinajstić information content (AvgIpc) is 2.80. The fraction of sp³-hybridized carbons (Fsp3) is 0.562. The molecule has 1 heterocycles. The molecule has 3 atom stereocenters. The normalized spacial score (nSPS) is 23.9. The standard InChI is InChI=1S/C16H23FN2O/c1-11-7-15(13-5-4-6-14(17)8-13)19(10-11)16(20)12(2)9-18-3/h4-6,8,11-12,15,18H,7,9-10H2,1-3H3. The van der Waals surface area contributed by atoms with E-state index in [1.807, 2.05) is 24.9 Å². The molecule has 3 nitrogen and oxygen atoms in total. The molecule has 0 aromatic heterocycles. The lowest BCUT2D eigenvalue weighted by atomic mass is 10.0. The highest BCUT2D eigenvalue weighted by atomic mass is 19.1. The van der Waals surface area contributed by atoms with Crippen LogP contribution in [0.15, 0.2) is 24.3 Å². The number of likely N-dealkylation sites (tertiary alicyclic amines) is 1. The number of carbonyl (C=O) groups is 1. The molecule has 1 aromatic rings. The van der Waals surface area contributed by atoms with Gasteiger partial charge in [0.25, 0.3) is 0 Å².